The maximum absolute atomic E-state index is 12.1. The molecule has 2 amide bonds. The summed E-state index contributed by atoms with van der Waals surface area (Å²) in [6.45, 7) is 10.5. The Morgan fingerprint density at radius 3 is 2.46 bits per heavy atom. The van der Waals surface area contributed by atoms with Crippen LogP contribution in [0.4, 0.5) is 5.69 Å². The standard InChI is InChI=1S/C19H29N3O2/c1-13-6-5-7-22(11-13)12-18(24)20-10-17(23)21-19-15(3)8-14(2)9-16(19)4/h8-9,13H,5-7,10-12H2,1-4H3,(H,20,24)(H,21,23). The van der Waals surface area contributed by atoms with Gasteiger partial charge in [0.15, 0.2) is 0 Å². The number of nitrogens with one attached hydrogen (secondary N) is 2. The first-order valence-corrected chi connectivity index (χ1v) is 8.72. The molecule has 2 N–H and O–H groups in total. The molecule has 0 spiro atoms. The first-order valence-electron chi connectivity index (χ1n) is 8.72. The van der Waals surface area contributed by atoms with E-state index < -0.39 is 0 Å². The largest absolute Gasteiger partial charge is 0.346 e. The van der Waals surface area contributed by atoms with Crippen molar-refractivity contribution >= 4 is 17.5 Å². The van der Waals surface area contributed by atoms with E-state index in [1.54, 1.807) is 0 Å². The summed E-state index contributed by atoms with van der Waals surface area (Å²) in [5.74, 6) is 0.365. The number of piperidine rings is 1. The quantitative estimate of drug-likeness (QED) is 0.871. The number of anilines is 1. The van der Waals surface area contributed by atoms with E-state index in [0.717, 1.165) is 36.3 Å². The van der Waals surface area contributed by atoms with E-state index in [2.05, 4.69) is 22.5 Å². The van der Waals surface area contributed by atoms with Gasteiger partial charge >= 0.3 is 0 Å². The fourth-order valence-electron chi connectivity index (χ4n) is 3.43. The lowest BCUT2D eigenvalue weighted by Gasteiger charge is -2.30. The summed E-state index contributed by atoms with van der Waals surface area (Å²) in [6, 6.07) is 4.08. The van der Waals surface area contributed by atoms with Gasteiger partial charge in [-0.25, -0.2) is 0 Å². The average molecular weight is 331 g/mol. The molecule has 1 aromatic carbocycles. The molecule has 5 nitrogen and oxygen atoms in total. The maximum Gasteiger partial charge on any atom is 0.243 e. The molecule has 1 fully saturated rings. The third-order valence-electron chi connectivity index (χ3n) is 4.50. The van der Waals surface area contributed by atoms with Crippen LogP contribution in [-0.4, -0.2) is 42.9 Å². The van der Waals surface area contributed by atoms with Crippen LogP contribution in [0.15, 0.2) is 12.1 Å². The highest BCUT2D eigenvalue weighted by Gasteiger charge is 2.18. The van der Waals surface area contributed by atoms with Gasteiger partial charge in [-0.05, 0) is 57.2 Å². The maximum atomic E-state index is 12.1. The van der Waals surface area contributed by atoms with Crippen molar-refractivity contribution in [1.29, 1.82) is 0 Å². The number of aryl methyl sites for hydroxylation is 3. The lowest BCUT2D eigenvalue weighted by Crippen LogP contribution is -2.43. The topological polar surface area (TPSA) is 61.4 Å². The Morgan fingerprint density at radius 2 is 1.83 bits per heavy atom. The number of carbonyl (C=O) groups is 2. The van der Waals surface area contributed by atoms with Crippen molar-refractivity contribution in [2.45, 2.75) is 40.5 Å². The Labute approximate surface area is 144 Å². The number of likely N-dealkylation sites (tertiary alicyclic amines) is 1. The minimum atomic E-state index is -0.189. The molecule has 1 aliphatic rings. The molecule has 1 heterocycles. The van der Waals surface area contributed by atoms with E-state index in [-0.39, 0.29) is 18.4 Å². The summed E-state index contributed by atoms with van der Waals surface area (Å²) in [6.07, 6.45) is 2.37. The monoisotopic (exact) mass is 331 g/mol. The zero-order valence-corrected chi connectivity index (χ0v) is 15.2. The van der Waals surface area contributed by atoms with Crippen molar-refractivity contribution in [1.82, 2.24) is 10.2 Å². The molecule has 0 bridgehead atoms. The van der Waals surface area contributed by atoms with Crippen LogP contribution in [-0.2, 0) is 9.59 Å². The van der Waals surface area contributed by atoms with E-state index in [4.69, 9.17) is 0 Å². The minimum absolute atomic E-state index is 0.00891. The van der Waals surface area contributed by atoms with Gasteiger partial charge in [0.05, 0.1) is 13.1 Å². The zero-order chi connectivity index (χ0) is 17.7. The highest BCUT2D eigenvalue weighted by molar-refractivity contribution is 5.96. The first kappa shape index (κ1) is 18.5. The molecule has 1 unspecified atom stereocenters. The minimum Gasteiger partial charge on any atom is -0.346 e. The number of nitrogens with zero attached hydrogens (tertiary/aromatic N) is 1. The van der Waals surface area contributed by atoms with E-state index in [9.17, 15) is 9.59 Å². The molecule has 24 heavy (non-hydrogen) atoms. The number of hydrogen-bond donors (Lipinski definition) is 2. The Hall–Kier alpha value is -1.88. The van der Waals surface area contributed by atoms with Gasteiger partial charge in [-0.2, -0.15) is 0 Å². The Morgan fingerprint density at radius 1 is 1.17 bits per heavy atom. The van der Waals surface area contributed by atoms with Gasteiger partial charge in [-0.1, -0.05) is 24.6 Å². The van der Waals surface area contributed by atoms with Gasteiger partial charge < -0.3 is 10.6 Å². The molecule has 1 atom stereocenters. The van der Waals surface area contributed by atoms with Crippen LogP contribution in [0.1, 0.15) is 36.5 Å². The van der Waals surface area contributed by atoms with E-state index in [1.165, 1.54) is 12.0 Å². The zero-order valence-electron chi connectivity index (χ0n) is 15.2. The lowest BCUT2D eigenvalue weighted by atomic mass is 10.0. The fraction of sp³-hybridized carbons (Fsp3) is 0.579. The summed E-state index contributed by atoms with van der Waals surface area (Å²) in [4.78, 5) is 26.3. The van der Waals surface area contributed by atoms with Crippen molar-refractivity contribution in [3.8, 4) is 0 Å². The summed E-state index contributed by atoms with van der Waals surface area (Å²) >= 11 is 0. The third kappa shape index (κ3) is 5.34. The molecule has 0 radical (unpaired) electrons. The first-order chi connectivity index (χ1) is 11.3. The lowest BCUT2D eigenvalue weighted by molar-refractivity contribution is -0.125. The van der Waals surface area contributed by atoms with Crippen molar-refractivity contribution < 1.29 is 9.59 Å². The number of amides is 2. The Kier molecular flexibility index (Phi) is 6.37. The fourth-order valence-corrected chi connectivity index (χ4v) is 3.43. The van der Waals surface area contributed by atoms with Gasteiger partial charge in [0.25, 0.3) is 0 Å². The third-order valence-corrected chi connectivity index (χ3v) is 4.50. The van der Waals surface area contributed by atoms with E-state index >= 15 is 0 Å². The van der Waals surface area contributed by atoms with Gasteiger partial charge in [-0.15, -0.1) is 0 Å². The molecular formula is C19H29N3O2. The Bertz CT molecular complexity index is 590. The molecule has 1 aliphatic heterocycles. The van der Waals surface area contributed by atoms with E-state index in [0.29, 0.717) is 12.5 Å². The molecule has 5 heteroatoms. The van der Waals surface area contributed by atoms with Crippen LogP contribution in [0.3, 0.4) is 0 Å². The molecule has 1 aromatic rings. The molecular weight excluding hydrogens is 302 g/mol. The van der Waals surface area contributed by atoms with Crippen molar-refractivity contribution in [2.24, 2.45) is 5.92 Å². The summed E-state index contributed by atoms with van der Waals surface area (Å²) in [5, 5.41) is 5.63. The van der Waals surface area contributed by atoms with Crippen LogP contribution in [0, 0.1) is 26.7 Å². The smallest absolute Gasteiger partial charge is 0.243 e. The van der Waals surface area contributed by atoms with Gasteiger partial charge in [0.2, 0.25) is 11.8 Å². The van der Waals surface area contributed by atoms with Crippen molar-refractivity contribution in [2.75, 3.05) is 31.5 Å². The number of rotatable bonds is 5. The van der Waals surface area contributed by atoms with Crippen molar-refractivity contribution in [3.63, 3.8) is 0 Å². The average Bonchev–Trinajstić information content (AvgIpc) is 2.49. The van der Waals surface area contributed by atoms with Crippen molar-refractivity contribution in [3.05, 3.63) is 28.8 Å². The molecule has 0 aromatic heterocycles. The molecule has 0 saturated carbocycles. The second kappa shape index (κ2) is 8.29. The second-order valence-corrected chi connectivity index (χ2v) is 7.08. The predicted molar refractivity (Wildman–Crippen MR) is 97.1 cm³/mol. The summed E-state index contributed by atoms with van der Waals surface area (Å²) < 4.78 is 0. The normalized spacial score (nSPS) is 18.2. The summed E-state index contributed by atoms with van der Waals surface area (Å²) in [7, 11) is 0. The molecule has 1 saturated heterocycles. The Balaban J connectivity index is 1.80. The number of benzene rings is 1. The summed E-state index contributed by atoms with van der Waals surface area (Å²) in [5.41, 5.74) is 4.08. The van der Waals surface area contributed by atoms with Crippen LogP contribution in [0.2, 0.25) is 0 Å². The second-order valence-electron chi connectivity index (χ2n) is 7.08. The molecule has 0 aliphatic carbocycles. The highest BCUT2D eigenvalue weighted by atomic mass is 16.2. The highest BCUT2D eigenvalue weighted by Crippen LogP contribution is 2.21. The number of carbonyl (C=O) groups excluding carboxylic acids is 2. The van der Waals surface area contributed by atoms with Crippen LogP contribution in [0.5, 0.6) is 0 Å². The SMILES string of the molecule is Cc1cc(C)c(NC(=O)CNC(=O)CN2CCCC(C)C2)c(C)c1. The van der Waals surface area contributed by atoms with Crippen LogP contribution >= 0.6 is 0 Å². The predicted octanol–water partition coefficient (Wildman–Crippen LogP) is 2.40. The number of hydrogen-bond acceptors (Lipinski definition) is 3. The van der Waals surface area contributed by atoms with Crippen LogP contribution in [0.25, 0.3) is 0 Å². The van der Waals surface area contributed by atoms with Gasteiger partial charge in [-0.3, -0.25) is 14.5 Å². The van der Waals surface area contributed by atoms with Gasteiger partial charge in [0.1, 0.15) is 0 Å². The van der Waals surface area contributed by atoms with Crippen LogP contribution < -0.4 is 10.6 Å². The van der Waals surface area contributed by atoms with E-state index in [1.807, 2.05) is 32.9 Å². The molecule has 2 rings (SSSR count). The molecule has 132 valence electrons. The van der Waals surface area contributed by atoms with Gasteiger partial charge in [0, 0.05) is 12.2 Å².